The third-order valence-corrected chi connectivity index (χ3v) is 9.14. The maximum atomic E-state index is 13.9. The second-order valence-corrected chi connectivity index (χ2v) is 11.2. The van der Waals surface area contributed by atoms with E-state index in [0.717, 1.165) is 16.7 Å². The number of aryl methyl sites for hydroxylation is 1. The topological polar surface area (TPSA) is 87.1 Å². The zero-order valence-corrected chi connectivity index (χ0v) is 20.9. The maximum Gasteiger partial charge on any atom is 0.245 e. The van der Waals surface area contributed by atoms with Crippen molar-refractivity contribution >= 4 is 15.6 Å². The van der Waals surface area contributed by atoms with Crippen LogP contribution in [0.4, 0.5) is 0 Å². The van der Waals surface area contributed by atoms with E-state index in [1.54, 1.807) is 30.3 Å². The number of aliphatic hydroxyl groups is 2. The van der Waals surface area contributed by atoms with E-state index < -0.39 is 34.4 Å². The molecule has 7 heteroatoms. The summed E-state index contributed by atoms with van der Waals surface area (Å²) < 4.78 is 35.5. The van der Waals surface area contributed by atoms with Crippen LogP contribution in [-0.4, -0.2) is 54.0 Å². The molecule has 4 rings (SSSR count). The molecule has 0 radical (unpaired) electrons. The highest BCUT2D eigenvalue weighted by Gasteiger charge is 2.49. The number of benzene rings is 2. The van der Waals surface area contributed by atoms with Gasteiger partial charge < -0.3 is 14.9 Å². The summed E-state index contributed by atoms with van der Waals surface area (Å²) in [5.41, 5.74) is 2.78. The molecule has 2 aromatic rings. The summed E-state index contributed by atoms with van der Waals surface area (Å²) in [6, 6.07) is 16.3. The lowest BCUT2D eigenvalue weighted by Crippen LogP contribution is -2.48. The van der Waals surface area contributed by atoms with Crippen molar-refractivity contribution in [2.45, 2.75) is 69.4 Å². The van der Waals surface area contributed by atoms with Crippen LogP contribution in [-0.2, 0) is 14.8 Å². The lowest BCUT2D eigenvalue weighted by atomic mass is 9.73. The van der Waals surface area contributed by atoms with Gasteiger partial charge in [-0.1, -0.05) is 68.0 Å². The Kier molecular flexibility index (Phi) is 7.60. The summed E-state index contributed by atoms with van der Waals surface area (Å²) in [6.07, 6.45) is 1.13. The molecule has 0 bridgehead atoms. The number of sulfonamides is 1. The normalized spacial score (nSPS) is 29.1. The molecule has 1 aliphatic heterocycles. The zero-order chi connectivity index (χ0) is 24.5. The first-order chi connectivity index (χ1) is 16.3. The molecule has 0 saturated carbocycles. The molecule has 0 amide bonds. The van der Waals surface area contributed by atoms with E-state index in [2.05, 4.69) is 0 Å². The van der Waals surface area contributed by atoms with Crippen molar-refractivity contribution in [1.82, 2.24) is 4.31 Å². The fraction of sp³-hybridized carbons (Fsp3) is 0.481. The molecule has 2 aliphatic rings. The van der Waals surface area contributed by atoms with Crippen molar-refractivity contribution in [2.75, 3.05) is 6.61 Å². The summed E-state index contributed by atoms with van der Waals surface area (Å²) in [5.74, 6) is -0.718. The largest absolute Gasteiger partial charge is 0.393 e. The third-order valence-electron chi connectivity index (χ3n) is 7.22. The first-order valence-electron chi connectivity index (χ1n) is 12.1. The van der Waals surface area contributed by atoms with Gasteiger partial charge in [-0.05, 0) is 49.5 Å². The van der Waals surface area contributed by atoms with E-state index in [-0.39, 0.29) is 16.9 Å². The molecular formula is C27H35NO5S. The Balaban J connectivity index is 1.79. The highest BCUT2D eigenvalue weighted by atomic mass is 32.2. The van der Waals surface area contributed by atoms with Crippen molar-refractivity contribution < 1.29 is 23.4 Å². The van der Waals surface area contributed by atoms with Gasteiger partial charge in [0.1, 0.15) is 6.23 Å². The van der Waals surface area contributed by atoms with E-state index in [1.165, 1.54) is 4.31 Å². The molecule has 1 fully saturated rings. The quantitative estimate of drug-likeness (QED) is 0.620. The minimum absolute atomic E-state index is 0.248. The first kappa shape index (κ1) is 25.1. The summed E-state index contributed by atoms with van der Waals surface area (Å²) in [4.78, 5) is 0.248. The number of rotatable bonds is 7. The molecule has 1 aliphatic carbocycles. The molecule has 1 saturated heterocycles. The van der Waals surface area contributed by atoms with Crippen LogP contribution in [0.2, 0.25) is 0 Å². The van der Waals surface area contributed by atoms with Gasteiger partial charge in [0, 0.05) is 11.8 Å². The first-order valence-corrected chi connectivity index (χ1v) is 13.6. The molecule has 0 aromatic heterocycles. The number of ether oxygens (including phenoxy) is 1. The van der Waals surface area contributed by atoms with Gasteiger partial charge in [0.2, 0.25) is 10.0 Å². The van der Waals surface area contributed by atoms with Crippen molar-refractivity contribution in [3.8, 4) is 0 Å². The number of nitrogens with zero attached hydrogens (tertiary/aromatic N) is 1. The SMILES string of the molecule is CC[C@@H]1CO[C@H]([C@H]2C[C@H]([C@H](O)CC)[C@@H](O)C=C2c2ccccc2)N1S(=O)(=O)c1ccc(C)cc1. The Labute approximate surface area is 202 Å². The van der Waals surface area contributed by atoms with Crippen molar-refractivity contribution in [2.24, 2.45) is 11.8 Å². The van der Waals surface area contributed by atoms with Crippen LogP contribution in [0.1, 0.15) is 44.2 Å². The maximum absolute atomic E-state index is 13.9. The van der Waals surface area contributed by atoms with E-state index in [9.17, 15) is 18.6 Å². The highest BCUT2D eigenvalue weighted by molar-refractivity contribution is 7.89. The molecular weight excluding hydrogens is 450 g/mol. The molecule has 1 heterocycles. The Morgan fingerprint density at radius 3 is 2.38 bits per heavy atom. The Morgan fingerprint density at radius 1 is 1.09 bits per heavy atom. The van der Waals surface area contributed by atoms with E-state index in [0.29, 0.717) is 25.9 Å². The average molecular weight is 486 g/mol. The second kappa shape index (κ2) is 10.3. The monoisotopic (exact) mass is 485 g/mol. The number of hydrogen-bond donors (Lipinski definition) is 2. The smallest absolute Gasteiger partial charge is 0.245 e. The van der Waals surface area contributed by atoms with E-state index in [4.69, 9.17) is 4.74 Å². The van der Waals surface area contributed by atoms with E-state index in [1.807, 2.05) is 51.1 Å². The van der Waals surface area contributed by atoms with Crippen molar-refractivity contribution in [3.05, 3.63) is 71.8 Å². The number of aliphatic hydroxyl groups excluding tert-OH is 2. The molecule has 34 heavy (non-hydrogen) atoms. The average Bonchev–Trinajstić information content (AvgIpc) is 3.29. The standard InChI is InChI=1S/C27H35NO5S/c1-4-20-17-33-27(28(20)34(31,32)21-13-11-18(3)12-14-21)23-15-24(25(29)5-2)26(30)16-22(23)19-9-7-6-8-10-19/h6-14,16,20,23-27,29-30H,4-5,15,17H2,1-3H3/t20-,23+,24-,25-,26+,27-/m1/s1. The Morgan fingerprint density at radius 2 is 1.76 bits per heavy atom. The molecule has 0 unspecified atom stereocenters. The van der Waals surface area contributed by atoms with Gasteiger partial charge in [0.25, 0.3) is 0 Å². The fourth-order valence-corrected chi connectivity index (χ4v) is 7.02. The summed E-state index contributed by atoms with van der Waals surface area (Å²) >= 11 is 0. The van der Waals surface area contributed by atoms with Crippen LogP contribution in [0.15, 0.2) is 65.6 Å². The van der Waals surface area contributed by atoms with Gasteiger partial charge in [0.15, 0.2) is 0 Å². The van der Waals surface area contributed by atoms with Crippen LogP contribution in [0.3, 0.4) is 0 Å². The van der Waals surface area contributed by atoms with Gasteiger partial charge in [-0.25, -0.2) is 8.42 Å². The second-order valence-electron chi connectivity index (χ2n) is 9.39. The number of hydrogen-bond acceptors (Lipinski definition) is 5. The fourth-order valence-electron chi connectivity index (χ4n) is 5.21. The predicted molar refractivity (Wildman–Crippen MR) is 132 cm³/mol. The van der Waals surface area contributed by atoms with Gasteiger partial charge in [-0.2, -0.15) is 4.31 Å². The summed E-state index contributed by atoms with van der Waals surface area (Å²) in [5, 5.41) is 21.5. The lowest BCUT2D eigenvalue weighted by Gasteiger charge is -2.40. The summed E-state index contributed by atoms with van der Waals surface area (Å²) in [7, 11) is -3.82. The van der Waals surface area contributed by atoms with Gasteiger partial charge in [-0.3, -0.25) is 0 Å². The van der Waals surface area contributed by atoms with Crippen LogP contribution in [0.5, 0.6) is 0 Å². The van der Waals surface area contributed by atoms with E-state index >= 15 is 0 Å². The lowest BCUT2D eigenvalue weighted by molar-refractivity contribution is -0.0173. The van der Waals surface area contributed by atoms with Crippen molar-refractivity contribution in [1.29, 1.82) is 0 Å². The summed E-state index contributed by atoms with van der Waals surface area (Å²) in [6.45, 7) is 6.09. The van der Waals surface area contributed by atoms with Gasteiger partial charge >= 0.3 is 0 Å². The minimum Gasteiger partial charge on any atom is -0.393 e. The van der Waals surface area contributed by atoms with Crippen LogP contribution < -0.4 is 0 Å². The van der Waals surface area contributed by atoms with Crippen molar-refractivity contribution in [3.63, 3.8) is 0 Å². The minimum atomic E-state index is -3.82. The van der Waals surface area contributed by atoms with Gasteiger partial charge in [0.05, 0.1) is 29.8 Å². The molecule has 6 nitrogen and oxygen atoms in total. The highest BCUT2D eigenvalue weighted by Crippen LogP contribution is 2.44. The molecule has 0 spiro atoms. The van der Waals surface area contributed by atoms with Crippen LogP contribution in [0, 0.1) is 18.8 Å². The predicted octanol–water partition coefficient (Wildman–Crippen LogP) is 3.97. The zero-order valence-electron chi connectivity index (χ0n) is 20.0. The molecule has 6 atom stereocenters. The molecule has 2 N–H and O–H groups in total. The Bertz CT molecular complexity index is 1100. The third kappa shape index (κ3) is 4.72. The van der Waals surface area contributed by atoms with Crippen LogP contribution in [0.25, 0.3) is 5.57 Å². The molecule has 2 aromatic carbocycles. The Hall–Kier alpha value is -2.03. The molecule has 184 valence electrons. The van der Waals surface area contributed by atoms with Crippen LogP contribution >= 0.6 is 0 Å². The van der Waals surface area contributed by atoms with Gasteiger partial charge in [-0.15, -0.1) is 0 Å².